The second-order valence-corrected chi connectivity index (χ2v) is 10.4. The van der Waals surface area contributed by atoms with Gasteiger partial charge in [-0.3, -0.25) is 4.79 Å². The van der Waals surface area contributed by atoms with Crippen LogP contribution in [0.1, 0.15) is 60.0 Å². The fourth-order valence-electron chi connectivity index (χ4n) is 3.84. The number of nitrogens with one attached hydrogen (secondary N) is 1. The fourth-order valence-corrected chi connectivity index (χ4v) is 5.40. The van der Waals surface area contributed by atoms with E-state index in [9.17, 15) is 13.2 Å². The number of imidazole rings is 1. The van der Waals surface area contributed by atoms with Crippen LogP contribution in [0, 0.1) is 6.92 Å². The molecule has 1 N–H and O–H groups in total. The Labute approximate surface area is 187 Å². The number of fused-ring (bicyclic) bond motifs is 1. The normalized spacial score (nSPS) is 14.2. The van der Waals surface area contributed by atoms with Crippen LogP contribution in [0.5, 0.6) is 0 Å². The zero-order chi connectivity index (χ0) is 22.2. The molecular weight excluding hydrogens is 434 g/mol. The van der Waals surface area contributed by atoms with Crippen LogP contribution in [0.4, 0.5) is 0 Å². The summed E-state index contributed by atoms with van der Waals surface area (Å²) in [7, 11) is -3.69. The van der Waals surface area contributed by atoms with Gasteiger partial charge in [0.05, 0.1) is 11.8 Å². The topological polar surface area (TPSA) is 81.1 Å². The maximum atomic E-state index is 13.0. The predicted molar refractivity (Wildman–Crippen MR) is 123 cm³/mol. The van der Waals surface area contributed by atoms with Crippen molar-refractivity contribution in [3.05, 3.63) is 64.2 Å². The van der Waals surface area contributed by atoms with Crippen LogP contribution in [0.15, 0.2) is 36.4 Å². The van der Waals surface area contributed by atoms with E-state index in [-0.39, 0.29) is 10.8 Å². The average Bonchev–Trinajstić information content (AvgIpc) is 3.54. The summed E-state index contributed by atoms with van der Waals surface area (Å²) in [6, 6.07) is 12.2. The summed E-state index contributed by atoms with van der Waals surface area (Å²) >= 11 is 6.37. The van der Waals surface area contributed by atoms with Crippen LogP contribution < -0.4 is 4.72 Å². The van der Waals surface area contributed by atoms with Gasteiger partial charge in [-0.25, -0.2) is 18.1 Å². The summed E-state index contributed by atoms with van der Waals surface area (Å²) in [5.41, 5.74) is 2.29. The molecule has 0 bridgehead atoms. The number of benzene rings is 2. The quantitative estimate of drug-likeness (QED) is 0.533. The molecule has 1 heterocycles. The van der Waals surface area contributed by atoms with E-state index in [4.69, 9.17) is 11.6 Å². The molecule has 0 radical (unpaired) electrons. The molecule has 1 aliphatic carbocycles. The first-order valence-electron chi connectivity index (χ1n) is 10.6. The van der Waals surface area contributed by atoms with Gasteiger partial charge < -0.3 is 4.57 Å². The highest BCUT2D eigenvalue weighted by Gasteiger charge is 2.38. The van der Waals surface area contributed by atoms with Crippen molar-refractivity contribution in [1.82, 2.24) is 14.3 Å². The number of aryl methyl sites for hydroxylation is 2. The third kappa shape index (κ3) is 4.48. The lowest BCUT2D eigenvalue weighted by Gasteiger charge is -2.15. The molecule has 0 atom stereocenters. The second-order valence-electron chi connectivity index (χ2n) is 8.12. The van der Waals surface area contributed by atoms with E-state index >= 15 is 0 Å². The van der Waals surface area contributed by atoms with Gasteiger partial charge in [0, 0.05) is 6.42 Å². The molecule has 31 heavy (non-hydrogen) atoms. The third-order valence-electron chi connectivity index (χ3n) is 5.73. The van der Waals surface area contributed by atoms with E-state index in [1.165, 1.54) is 5.56 Å². The van der Waals surface area contributed by atoms with Gasteiger partial charge in [0.2, 0.25) is 10.0 Å². The molecule has 0 spiro atoms. The minimum Gasteiger partial charge on any atom is -0.318 e. The molecule has 1 aromatic heterocycles. The standard InChI is InChI=1S/C23H26ClN3O3S/c1-3-4-9-20-25-22(24)21(23(28)26-31(29,30)17-12-13-17)27(20)14-16-11-10-15(2)18-7-5-6-8-19(16)18/h5-8,10-11,17H,3-4,9,12-14H2,1-2H3,(H,26,28). The largest absolute Gasteiger partial charge is 0.318 e. The average molecular weight is 460 g/mol. The highest BCUT2D eigenvalue weighted by molar-refractivity contribution is 7.91. The lowest BCUT2D eigenvalue weighted by atomic mass is 10.00. The highest BCUT2D eigenvalue weighted by atomic mass is 35.5. The number of hydrogen-bond acceptors (Lipinski definition) is 4. The zero-order valence-corrected chi connectivity index (χ0v) is 19.3. The van der Waals surface area contributed by atoms with Crippen molar-refractivity contribution in [2.24, 2.45) is 0 Å². The number of rotatable bonds is 8. The Morgan fingerprint density at radius 3 is 2.58 bits per heavy atom. The van der Waals surface area contributed by atoms with Crippen LogP contribution >= 0.6 is 11.6 Å². The van der Waals surface area contributed by atoms with Gasteiger partial charge in [0.1, 0.15) is 11.5 Å². The Kier molecular flexibility index (Phi) is 6.08. The number of nitrogens with zero attached hydrogens (tertiary/aromatic N) is 2. The first kappa shape index (κ1) is 21.8. The van der Waals surface area contributed by atoms with Crippen LogP contribution in [-0.2, 0) is 23.0 Å². The summed E-state index contributed by atoms with van der Waals surface area (Å²) in [6.45, 7) is 4.53. The van der Waals surface area contributed by atoms with E-state index < -0.39 is 21.2 Å². The molecule has 1 amide bonds. The molecule has 0 unspecified atom stereocenters. The fraction of sp³-hybridized carbons (Fsp3) is 0.391. The van der Waals surface area contributed by atoms with Crippen LogP contribution in [-0.4, -0.2) is 29.1 Å². The second kappa shape index (κ2) is 8.63. The van der Waals surface area contributed by atoms with Gasteiger partial charge in [-0.05, 0) is 48.1 Å². The molecule has 0 aliphatic heterocycles. The number of aromatic nitrogens is 2. The van der Waals surface area contributed by atoms with E-state index in [0.717, 1.165) is 29.2 Å². The van der Waals surface area contributed by atoms with Crippen molar-refractivity contribution < 1.29 is 13.2 Å². The van der Waals surface area contributed by atoms with Gasteiger partial charge in [-0.1, -0.05) is 61.3 Å². The van der Waals surface area contributed by atoms with E-state index in [0.29, 0.717) is 31.6 Å². The number of halogens is 1. The van der Waals surface area contributed by atoms with Crippen molar-refractivity contribution in [2.75, 3.05) is 0 Å². The summed E-state index contributed by atoms with van der Waals surface area (Å²) < 4.78 is 28.7. The Morgan fingerprint density at radius 1 is 1.19 bits per heavy atom. The van der Waals surface area contributed by atoms with E-state index in [1.807, 2.05) is 18.2 Å². The number of amides is 1. The number of carbonyl (C=O) groups excluding carboxylic acids is 1. The Bertz CT molecular complexity index is 1250. The summed E-state index contributed by atoms with van der Waals surface area (Å²) in [5.74, 6) is -0.0333. The maximum absolute atomic E-state index is 13.0. The third-order valence-corrected chi connectivity index (χ3v) is 7.81. The predicted octanol–water partition coefficient (Wildman–Crippen LogP) is 4.61. The Hall–Kier alpha value is -2.38. The maximum Gasteiger partial charge on any atom is 0.284 e. The van der Waals surface area contributed by atoms with E-state index in [2.05, 4.69) is 41.8 Å². The minimum atomic E-state index is -3.69. The van der Waals surface area contributed by atoms with Crippen LogP contribution in [0.25, 0.3) is 10.8 Å². The molecule has 1 fully saturated rings. The lowest BCUT2D eigenvalue weighted by molar-refractivity contribution is 0.0972. The highest BCUT2D eigenvalue weighted by Crippen LogP contribution is 2.29. The van der Waals surface area contributed by atoms with Crippen molar-refractivity contribution in [3.8, 4) is 0 Å². The molecule has 4 rings (SSSR count). The molecular formula is C23H26ClN3O3S. The molecule has 6 nitrogen and oxygen atoms in total. The van der Waals surface area contributed by atoms with Gasteiger partial charge in [-0.2, -0.15) is 0 Å². The van der Waals surface area contributed by atoms with Crippen molar-refractivity contribution in [3.63, 3.8) is 0 Å². The molecule has 1 saturated carbocycles. The first-order chi connectivity index (χ1) is 14.8. The van der Waals surface area contributed by atoms with Crippen molar-refractivity contribution in [2.45, 2.75) is 57.7 Å². The molecule has 164 valence electrons. The summed E-state index contributed by atoms with van der Waals surface area (Å²) in [5, 5.41) is 1.77. The van der Waals surface area contributed by atoms with Gasteiger partial charge in [0.15, 0.2) is 5.15 Å². The van der Waals surface area contributed by atoms with Crippen molar-refractivity contribution >= 4 is 38.3 Å². The zero-order valence-electron chi connectivity index (χ0n) is 17.7. The van der Waals surface area contributed by atoms with Gasteiger partial charge >= 0.3 is 0 Å². The monoisotopic (exact) mass is 459 g/mol. The molecule has 0 saturated heterocycles. The number of sulfonamides is 1. The summed E-state index contributed by atoms with van der Waals surface area (Å²) in [6.07, 6.45) is 3.67. The smallest absolute Gasteiger partial charge is 0.284 e. The SMILES string of the molecule is CCCCc1nc(Cl)c(C(=O)NS(=O)(=O)C2CC2)n1Cc1ccc(C)c2ccccc12. The van der Waals surface area contributed by atoms with Crippen LogP contribution in [0.2, 0.25) is 5.15 Å². The first-order valence-corrected chi connectivity index (χ1v) is 12.5. The van der Waals surface area contributed by atoms with Gasteiger partial charge in [0.25, 0.3) is 5.91 Å². The Balaban J connectivity index is 1.77. The van der Waals surface area contributed by atoms with E-state index in [1.54, 1.807) is 4.57 Å². The number of unbranched alkanes of at least 4 members (excludes halogenated alkanes) is 1. The Morgan fingerprint density at radius 2 is 1.90 bits per heavy atom. The molecule has 8 heteroatoms. The lowest BCUT2D eigenvalue weighted by Crippen LogP contribution is -2.35. The van der Waals surface area contributed by atoms with Gasteiger partial charge in [-0.15, -0.1) is 0 Å². The molecule has 3 aromatic rings. The van der Waals surface area contributed by atoms with Crippen LogP contribution in [0.3, 0.4) is 0 Å². The van der Waals surface area contributed by atoms with Crippen molar-refractivity contribution in [1.29, 1.82) is 0 Å². The minimum absolute atomic E-state index is 0.0333. The number of hydrogen-bond donors (Lipinski definition) is 1. The molecule has 2 aromatic carbocycles. The summed E-state index contributed by atoms with van der Waals surface area (Å²) in [4.78, 5) is 17.4. The molecule has 1 aliphatic rings. The number of carbonyl (C=O) groups is 1.